The first-order valence-corrected chi connectivity index (χ1v) is 8.34. The normalized spacial score (nSPS) is 15.0. The van der Waals surface area contributed by atoms with E-state index in [1.807, 2.05) is 52.1 Å². The maximum absolute atomic E-state index is 12.0. The average molecular weight is 344 g/mol. The summed E-state index contributed by atoms with van der Waals surface area (Å²) in [6.07, 6.45) is -0.250. The molecule has 2 aromatic rings. The fourth-order valence-corrected chi connectivity index (χ4v) is 2.65. The van der Waals surface area contributed by atoms with Crippen molar-refractivity contribution in [2.45, 2.75) is 39.3 Å². The van der Waals surface area contributed by atoms with E-state index in [9.17, 15) is 4.79 Å². The van der Waals surface area contributed by atoms with Crippen LogP contribution in [-0.4, -0.2) is 52.9 Å². The number of benzene rings is 1. The highest BCUT2D eigenvalue weighted by molar-refractivity contribution is 5.70. The summed E-state index contributed by atoms with van der Waals surface area (Å²) in [5.41, 5.74) is 1.54. The lowest BCUT2D eigenvalue weighted by molar-refractivity contribution is 0.00852. The minimum atomic E-state index is -0.461. The van der Waals surface area contributed by atoms with Gasteiger partial charge in [-0.3, -0.25) is 0 Å². The summed E-state index contributed by atoms with van der Waals surface area (Å²) in [5.74, 6) is 1.14. The molecule has 0 unspecified atom stereocenters. The topological polar surface area (TPSA) is 71.7 Å². The molecule has 0 saturated carbocycles. The number of aryl methyl sites for hydroxylation is 1. The number of aromatic nitrogens is 2. The first-order valence-electron chi connectivity index (χ1n) is 8.34. The predicted molar refractivity (Wildman–Crippen MR) is 94.5 cm³/mol. The van der Waals surface area contributed by atoms with Gasteiger partial charge >= 0.3 is 6.09 Å². The van der Waals surface area contributed by atoms with Crippen molar-refractivity contribution in [2.75, 3.05) is 25.0 Å². The molecule has 0 N–H and O–H groups in total. The van der Waals surface area contributed by atoms with E-state index in [1.54, 1.807) is 11.8 Å². The van der Waals surface area contributed by atoms with Crippen molar-refractivity contribution < 1.29 is 14.1 Å². The molecular weight excluding hydrogens is 320 g/mol. The lowest BCUT2D eigenvalue weighted by Gasteiger charge is -2.44. The molecule has 0 spiro atoms. The Bertz CT molecular complexity index is 742. The van der Waals surface area contributed by atoms with E-state index in [-0.39, 0.29) is 12.1 Å². The van der Waals surface area contributed by atoms with Crippen LogP contribution in [0.5, 0.6) is 0 Å². The minimum absolute atomic E-state index is 0.250. The molecule has 1 fully saturated rings. The Balaban J connectivity index is 1.58. The number of nitrogens with zero attached hydrogens (tertiary/aromatic N) is 4. The van der Waals surface area contributed by atoms with Crippen molar-refractivity contribution in [1.29, 1.82) is 0 Å². The quantitative estimate of drug-likeness (QED) is 0.852. The van der Waals surface area contributed by atoms with Crippen molar-refractivity contribution in [3.8, 4) is 11.4 Å². The zero-order valence-corrected chi connectivity index (χ0v) is 15.3. The summed E-state index contributed by atoms with van der Waals surface area (Å²) < 4.78 is 10.4. The van der Waals surface area contributed by atoms with Crippen LogP contribution in [0, 0.1) is 6.92 Å². The standard InChI is InChI=1S/C18H24N4O3/c1-12-19-16(20-25-12)13-6-8-14(9-7-13)21(5)15-10-22(11-15)17(23)24-18(2,3)4/h6-9,15H,10-11H2,1-5H3. The smallest absolute Gasteiger partial charge is 0.410 e. The van der Waals surface area contributed by atoms with Crippen molar-refractivity contribution in [3.63, 3.8) is 0 Å². The number of rotatable bonds is 3. The molecule has 3 rings (SSSR count). The number of likely N-dealkylation sites (tertiary alicyclic amines) is 1. The largest absolute Gasteiger partial charge is 0.444 e. The van der Waals surface area contributed by atoms with Crippen LogP contribution in [0.1, 0.15) is 26.7 Å². The molecule has 1 aliphatic heterocycles. The van der Waals surface area contributed by atoms with Crippen molar-refractivity contribution in [3.05, 3.63) is 30.2 Å². The van der Waals surface area contributed by atoms with Crippen molar-refractivity contribution in [2.24, 2.45) is 0 Å². The Labute approximate surface area is 147 Å². The van der Waals surface area contributed by atoms with Gasteiger partial charge in [-0.25, -0.2) is 4.79 Å². The third-order valence-electron chi connectivity index (χ3n) is 4.12. The van der Waals surface area contributed by atoms with Gasteiger partial charge in [0.2, 0.25) is 11.7 Å². The summed E-state index contributed by atoms with van der Waals surface area (Å²) in [5, 5.41) is 3.92. The van der Waals surface area contributed by atoms with Crippen molar-refractivity contribution >= 4 is 11.8 Å². The molecule has 0 atom stereocenters. The zero-order valence-electron chi connectivity index (χ0n) is 15.3. The molecule has 7 nitrogen and oxygen atoms in total. The number of likely N-dealkylation sites (N-methyl/N-ethyl adjacent to an activating group) is 1. The van der Waals surface area contributed by atoms with E-state index in [0.29, 0.717) is 24.8 Å². The monoisotopic (exact) mass is 344 g/mol. The Morgan fingerprint density at radius 1 is 1.28 bits per heavy atom. The van der Waals surface area contributed by atoms with Gasteiger partial charge in [-0.15, -0.1) is 0 Å². The van der Waals surface area contributed by atoms with Crippen LogP contribution in [-0.2, 0) is 4.74 Å². The maximum atomic E-state index is 12.0. The number of hydrogen-bond donors (Lipinski definition) is 0. The predicted octanol–water partition coefficient (Wildman–Crippen LogP) is 3.10. The molecular formula is C18H24N4O3. The number of carbonyl (C=O) groups is 1. The van der Waals surface area contributed by atoms with Crippen LogP contribution in [0.3, 0.4) is 0 Å². The van der Waals surface area contributed by atoms with Crippen LogP contribution >= 0.6 is 0 Å². The van der Waals surface area contributed by atoms with E-state index >= 15 is 0 Å². The van der Waals surface area contributed by atoms with E-state index in [4.69, 9.17) is 9.26 Å². The molecule has 7 heteroatoms. The molecule has 1 amide bonds. The Hall–Kier alpha value is -2.57. The molecule has 25 heavy (non-hydrogen) atoms. The fourth-order valence-electron chi connectivity index (χ4n) is 2.65. The molecule has 0 aliphatic carbocycles. The van der Waals surface area contributed by atoms with Gasteiger partial charge in [-0.05, 0) is 45.0 Å². The minimum Gasteiger partial charge on any atom is -0.444 e. The molecule has 0 radical (unpaired) electrons. The van der Waals surface area contributed by atoms with E-state index in [1.165, 1.54) is 0 Å². The zero-order chi connectivity index (χ0) is 18.2. The molecule has 134 valence electrons. The highest BCUT2D eigenvalue weighted by Crippen LogP contribution is 2.25. The molecule has 1 aliphatic rings. The lowest BCUT2D eigenvalue weighted by Crippen LogP contribution is -2.61. The molecule has 2 heterocycles. The second kappa shape index (κ2) is 6.38. The molecule has 1 aromatic carbocycles. The average Bonchev–Trinajstić information content (AvgIpc) is 2.90. The number of carbonyl (C=O) groups excluding carboxylic acids is 1. The van der Waals surface area contributed by atoms with Gasteiger partial charge in [0, 0.05) is 38.3 Å². The first kappa shape index (κ1) is 17.3. The Kier molecular flexibility index (Phi) is 4.41. The van der Waals surface area contributed by atoms with E-state index in [2.05, 4.69) is 15.0 Å². The molecule has 1 aromatic heterocycles. The van der Waals surface area contributed by atoms with Gasteiger partial charge in [-0.1, -0.05) is 5.16 Å². The second-order valence-corrected chi connectivity index (χ2v) is 7.33. The third-order valence-corrected chi connectivity index (χ3v) is 4.12. The molecule has 1 saturated heterocycles. The summed E-state index contributed by atoms with van der Waals surface area (Å²) >= 11 is 0. The summed E-state index contributed by atoms with van der Waals surface area (Å²) in [6.45, 7) is 8.73. The van der Waals surface area contributed by atoms with E-state index in [0.717, 1.165) is 11.3 Å². The van der Waals surface area contributed by atoms with Crippen molar-refractivity contribution in [1.82, 2.24) is 15.0 Å². The van der Waals surface area contributed by atoms with Gasteiger partial charge in [0.1, 0.15) is 5.60 Å². The third kappa shape index (κ3) is 3.92. The van der Waals surface area contributed by atoms with Gasteiger partial charge < -0.3 is 19.1 Å². The van der Waals surface area contributed by atoms with Crippen LogP contribution in [0.2, 0.25) is 0 Å². The number of anilines is 1. The van der Waals surface area contributed by atoms with Gasteiger partial charge in [0.25, 0.3) is 0 Å². The van der Waals surface area contributed by atoms with Gasteiger partial charge in [0.05, 0.1) is 6.04 Å². The number of ether oxygens (including phenoxy) is 1. The van der Waals surface area contributed by atoms with Crippen LogP contribution in [0.4, 0.5) is 10.5 Å². The first-order chi connectivity index (χ1) is 11.7. The molecule has 0 bridgehead atoms. The van der Waals surface area contributed by atoms with Crippen LogP contribution in [0.25, 0.3) is 11.4 Å². The Morgan fingerprint density at radius 2 is 1.92 bits per heavy atom. The summed E-state index contributed by atoms with van der Waals surface area (Å²) in [6, 6.07) is 8.28. The SMILES string of the molecule is Cc1nc(-c2ccc(N(C)C3CN(C(=O)OC(C)(C)C)C3)cc2)no1. The number of amides is 1. The summed E-state index contributed by atoms with van der Waals surface area (Å²) in [7, 11) is 2.03. The van der Waals surface area contributed by atoms with Crippen LogP contribution in [0.15, 0.2) is 28.8 Å². The fraction of sp³-hybridized carbons (Fsp3) is 0.500. The van der Waals surface area contributed by atoms with Crippen LogP contribution < -0.4 is 4.90 Å². The van der Waals surface area contributed by atoms with Gasteiger partial charge in [-0.2, -0.15) is 4.98 Å². The summed E-state index contributed by atoms with van der Waals surface area (Å²) in [4.78, 5) is 20.1. The van der Waals surface area contributed by atoms with Gasteiger partial charge in [0.15, 0.2) is 0 Å². The Morgan fingerprint density at radius 3 is 2.44 bits per heavy atom. The maximum Gasteiger partial charge on any atom is 0.410 e. The van der Waals surface area contributed by atoms with E-state index < -0.39 is 5.60 Å². The number of hydrogen-bond acceptors (Lipinski definition) is 6. The highest BCUT2D eigenvalue weighted by atomic mass is 16.6. The lowest BCUT2D eigenvalue weighted by atomic mass is 10.1. The highest BCUT2D eigenvalue weighted by Gasteiger charge is 2.36. The second-order valence-electron chi connectivity index (χ2n) is 7.33.